The van der Waals surface area contributed by atoms with Crippen LogP contribution in [0, 0.1) is 11.3 Å². The molecule has 2 atom stereocenters. The molecule has 0 radical (unpaired) electrons. The Balaban J connectivity index is 2.07. The van der Waals surface area contributed by atoms with Gasteiger partial charge in [-0.25, -0.2) is 9.97 Å². The minimum Gasteiger partial charge on any atom is -0.348 e. The molecule has 0 aliphatic heterocycles. The first-order valence-electron chi connectivity index (χ1n) is 7.16. The van der Waals surface area contributed by atoms with Gasteiger partial charge < -0.3 is 5.32 Å². The van der Waals surface area contributed by atoms with Gasteiger partial charge in [0.05, 0.1) is 12.4 Å². The molecule has 5 heteroatoms. The lowest BCUT2D eigenvalue weighted by Crippen LogP contribution is -2.46. The van der Waals surface area contributed by atoms with E-state index in [1.54, 1.807) is 0 Å². The zero-order chi connectivity index (χ0) is 14.8. The topological polar surface area (TPSA) is 54.9 Å². The average Bonchev–Trinajstić information content (AvgIpc) is 2.38. The van der Waals surface area contributed by atoms with Crippen molar-refractivity contribution in [1.29, 1.82) is 0 Å². The van der Waals surface area contributed by atoms with Gasteiger partial charge in [0.15, 0.2) is 0 Å². The van der Waals surface area contributed by atoms with Gasteiger partial charge in [-0.3, -0.25) is 4.79 Å². The Morgan fingerprint density at radius 1 is 1.25 bits per heavy atom. The van der Waals surface area contributed by atoms with Crippen LogP contribution in [0.2, 0.25) is 5.15 Å². The summed E-state index contributed by atoms with van der Waals surface area (Å²) >= 11 is 5.69. The van der Waals surface area contributed by atoms with Crippen LogP contribution in [-0.2, 0) is 0 Å². The summed E-state index contributed by atoms with van der Waals surface area (Å²) in [5.74, 6) is 0.343. The molecule has 2 unspecified atom stereocenters. The third-order valence-corrected chi connectivity index (χ3v) is 4.24. The molecule has 0 aromatic carbocycles. The second-order valence-electron chi connectivity index (χ2n) is 6.56. The Hall–Kier alpha value is -1.16. The highest BCUT2D eigenvalue weighted by Gasteiger charge is 2.35. The summed E-state index contributed by atoms with van der Waals surface area (Å²) in [6, 6.07) is 0.216. The lowest BCUT2D eigenvalue weighted by Gasteiger charge is -2.40. The molecule has 0 saturated heterocycles. The molecule has 1 saturated carbocycles. The normalized spacial score (nSPS) is 23.4. The van der Waals surface area contributed by atoms with Crippen molar-refractivity contribution in [2.45, 2.75) is 52.5 Å². The van der Waals surface area contributed by atoms with Crippen molar-refractivity contribution in [2.75, 3.05) is 0 Å². The van der Waals surface area contributed by atoms with E-state index < -0.39 is 0 Å². The molecule has 1 heterocycles. The summed E-state index contributed by atoms with van der Waals surface area (Å²) in [4.78, 5) is 20.2. The van der Waals surface area contributed by atoms with Crippen LogP contribution in [0.4, 0.5) is 0 Å². The highest BCUT2D eigenvalue weighted by Crippen LogP contribution is 2.38. The van der Waals surface area contributed by atoms with Gasteiger partial charge in [0, 0.05) is 6.04 Å². The standard InChI is InChI=1S/C15H22ClN3O/c1-15(2,3)10-6-4-5-7-11(10)19-14(20)12-8-18-13(16)9-17-12/h8-11H,4-7H2,1-3H3,(H,19,20). The van der Waals surface area contributed by atoms with E-state index >= 15 is 0 Å². The van der Waals surface area contributed by atoms with Crippen molar-refractivity contribution < 1.29 is 4.79 Å². The van der Waals surface area contributed by atoms with E-state index in [1.165, 1.54) is 31.7 Å². The van der Waals surface area contributed by atoms with Gasteiger partial charge in [0.25, 0.3) is 5.91 Å². The zero-order valence-corrected chi connectivity index (χ0v) is 13.1. The number of halogens is 1. The molecule has 110 valence electrons. The Morgan fingerprint density at radius 3 is 2.55 bits per heavy atom. The van der Waals surface area contributed by atoms with Crippen molar-refractivity contribution in [3.63, 3.8) is 0 Å². The molecule has 1 aliphatic rings. The van der Waals surface area contributed by atoms with E-state index in [9.17, 15) is 4.79 Å². The summed E-state index contributed by atoms with van der Waals surface area (Å²) in [5, 5.41) is 3.42. The predicted octanol–water partition coefficient (Wildman–Crippen LogP) is 3.46. The highest BCUT2D eigenvalue weighted by molar-refractivity contribution is 6.29. The third kappa shape index (κ3) is 3.69. The van der Waals surface area contributed by atoms with E-state index in [0.717, 1.165) is 6.42 Å². The molecule has 1 aromatic heterocycles. The molecule has 20 heavy (non-hydrogen) atoms. The van der Waals surface area contributed by atoms with E-state index in [2.05, 4.69) is 36.1 Å². The first-order valence-corrected chi connectivity index (χ1v) is 7.54. The first-order chi connectivity index (χ1) is 9.38. The molecule has 1 N–H and O–H groups in total. The van der Waals surface area contributed by atoms with Crippen LogP contribution in [0.5, 0.6) is 0 Å². The molecule has 1 amide bonds. The van der Waals surface area contributed by atoms with Crippen LogP contribution < -0.4 is 5.32 Å². The number of amides is 1. The van der Waals surface area contributed by atoms with E-state index in [0.29, 0.717) is 16.8 Å². The number of nitrogens with one attached hydrogen (secondary N) is 1. The number of nitrogens with zero attached hydrogens (tertiary/aromatic N) is 2. The summed E-state index contributed by atoms with van der Waals surface area (Å²) < 4.78 is 0. The van der Waals surface area contributed by atoms with Crippen LogP contribution in [0.15, 0.2) is 12.4 Å². The van der Waals surface area contributed by atoms with Crippen LogP contribution in [0.25, 0.3) is 0 Å². The Morgan fingerprint density at radius 2 is 1.95 bits per heavy atom. The molecule has 1 aromatic rings. The second-order valence-corrected chi connectivity index (χ2v) is 6.95. The fourth-order valence-electron chi connectivity index (χ4n) is 3.01. The summed E-state index contributed by atoms with van der Waals surface area (Å²) in [7, 11) is 0. The fraction of sp³-hybridized carbons (Fsp3) is 0.667. The van der Waals surface area contributed by atoms with Gasteiger partial charge >= 0.3 is 0 Å². The molecular weight excluding hydrogens is 274 g/mol. The fourth-order valence-corrected chi connectivity index (χ4v) is 3.11. The SMILES string of the molecule is CC(C)(C)C1CCCCC1NC(=O)c1cnc(Cl)cn1. The number of rotatable bonds is 2. The highest BCUT2D eigenvalue weighted by atomic mass is 35.5. The number of hydrogen-bond donors (Lipinski definition) is 1. The van der Waals surface area contributed by atoms with Gasteiger partial charge in [-0.1, -0.05) is 45.2 Å². The quantitative estimate of drug-likeness (QED) is 0.909. The van der Waals surface area contributed by atoms with Gasteiger partial charge in [0.1, 0.15) is 10.8 Å². The Kier molecular flexibility index (Phi) is 4.63. The van der Waals surface area contributed by atoms with Crippen LogP contribution in [-0.4, -0.2) is 21.9 Å². The van der Waals surface area contributed by atoms with Crippen LogP contribution >= 0.6 is 11.6 Å². The van der Waals surface area contributed by atoms with Gasteiger partial charge in [-0.2, -0.15) is 0 Å². The van der Waals surface area contributed by atoms with Crippen molar-refractivity contribution in [3.8, 4) is 0 Å². The molecule has 4 nitrogen and oxygen atoms in total. The predicted molar refractivity (Wildman–Crippen MR) is 79.7 cm³/mol. The number of hydrogen-bond acceptors (Lipinski definition) is 3. The van der Waals surface area contributed by atoms with Crippen LogP contribution in [0.3, 0.4) is 0 Å². The maximum Gasteiger partial charge on any atom is 0.271 e. The molecule has 2 rings (SSSR count). The van der Waals surface area contributed by atoms with Crippen molar-refractivity contribution in [1.82, 2.24) is 15.3 Å². The Bertz CT molecular complexity index is 467. The number of carbonyl (C=O) groups excluding carboxylic acids is 1. The van der Waals surface area contributed by atoms with Crippen molar-refractivity contribution in [2.24, 2.45) is 11.3 Å². The monoisotopic (exact) mass is 295 g/mol. The maximum atomic E-state index is 12.2. The molecule has 1 fully saturated rings. The smallest absolute Gasteiger partial charge is 0.271 e. The van der Waals surface area contributed by atoms with Gasteiger partial charge in [0.2, 0.25) is 0 Å². The molecule has 1 aliphatic carbocycles. The van der Waals surface area contributed by atoms with Gasteiger partial charge in [-0.05, 0) is 24.2 Å². The summed E-state index contributed by atoms with van der Waals surface area (Å²) in [5.41, 5.74) is 0.525. The molecule has 0 bridgehead atoms. The van der Waals surface area contributed by atoms with Crippen LogP contribution in [0.1, 0.15) is 56.9 Å². The number of aromatic nitrogens is 2. The summed E-state index contributed by atoms with van der Waals surface area (Å²) in [6.07, 6.45) is 7.44. The van der Waals surface area contributed by atoms with Crippen molar-refractivity contribution >= 4 is 17.5 Å². The van der Waals surface area contributed by atoms with Gasteiger partial charge in [-0.15, -0.1) is 0 Å². The largest absolute Gasteiger partial charge is 0.348 e. The van der Waals surface area contributed by atoms with E-state index in [4.69, 9.17) is 11.6 Å². The molecule has 0 spiro atoms. The lowest BCUT2D eigenvalue weighted by molar-refractivity contribution is 0.0825. The minimum atomic E-state index is -0.157. The first kappa shape index (κ1) is 15.2. The maximum absolute atomic E-state index is 12.2. The molecular formula is C15H22ClN3O. The minimum absolute atomic E-state index is 0.157. The third-order valence-electron chi connectivity index (χ3n) is 4.05. The summed E-state index contributed by atoms with van der Waals surface area (Å²) in [6.45, 7) is 6.72. The second kappa shape index (κ2) is 6.08. The number of carbonyl (C=O) groups is 1. The van der Waals surface area contributed by atoms with E-state index in [1.807, 2.05) is 0 Å². The Labute approximate surface area is 125 Å². The van der Waals surface area contributed by atoms with Crippen molar-refractivity contribution in [3.05, 3.63) is 23.2 Å². The lowest BCUT2D eigenvalue weighted by atomic mass is 9.69. The zero-order valence-electron chi connectivity index (χ0n) is 12.3. The average molecular weight is 296 g/mol. The van der Waals surface area contributed by atoms with E-state index in [-0.39, 0.29) is 17.4 Å².